The van der Waals surface area contributed by atoms with Crippen molar-refractivity contribution in [3.05, 3.63) is 58.7 Å². The van der Waals surface area contributed by atoms with Crippen LogP contribution >= 0.6 is 0 Å². The number of hydrogen-bond donors (Lipinski definition) is 3. The van der Waals surface area contributed by atoms with Gasteiger partial charge in [-0.2, -0.15) is 0 Å². The Kier molecular flexibility index (Phi) is 7.13. The van der Waals surface area contributed by atoms with Gasteiger partial charge in [0, 0.05) is 43.9 Å². The zero-order valence-electron chi connectivity index (χ0n) is 19.0. The number of piperazine rings is 1. The van der Waals surface area contributed by atoms with Crippen molar-refractivity contribution in [1.82, 2.24) is 4.90 Å². The Hall–Kier alpha value is -3.12. The number of carbonyl (C=O) groups excluding carboxylic acids is 1. The molecule has 164 valence electrons. The molecule has 1 saturated heterocycles. The standard InChI is InChI=1S/C25H33N5O/c1-5-25(31)28-23-15-20(21(26)9-8-19-7-6-17(2)18(3)14-19)22(27)16-24(23)30-12-10-29(4)11-13-30/h6-9,14-16,26H,5,10-13,27H2,1-4H3,(H,28,31)/b9-8+,26-21?. The Balaban J connectivity index is 1.91. The molecule has 6 nitrogen and oxygen atoms in total. The first-order valence-electron chi connectivity index (χ1n) is 10.8. The van der Waals surface area contributed by atoms with Crippen LogP contribution in [0.15, 0.2) is 36.4 Å². The molecule has 2 aromatic carbocycles. The summed E-state index contributed by atoms with van der Waals surface area (Å²) in [5.74, 6) is -0.0525. The van der Waals surface area contributed by atoms with E-state index in [4.69, 9.17) is 11.1 Å². The van der Waals surface area contributed by atoms with Crippen LogP contribution in [0.2, 0.25) is 0 Å². The van der Waals surface area contributed by atoms with E-state index in [2.05, 4.69) is 48.1 Å². The zero-order chi connectivity index (χ0) is 22.5. The van der Waals surface area contributed by atoms with Gasteiger partial charge in [0.2, 0.25) is 5.91 Å². The summed E-state index contributed by atoms with van der Waals surface area (Å²) in [5, 5.41) is 11.6. The second-order valence-electron chi connectivity index (χ2n) is 8.24. The van der Waals surface area contributed by atoms with Crippen molar-refractivity contribution in [2.45, 2.75) is 27.2 Å². The SMILES string of the molecule is CCC(=O)Nc1cc(C(=N)/C=C/c2ccc(C)c(C)c2)c(N)cc1N1CCN(C)CC1. The molecule has 1 aliphatic rings. The van der Waals surface area contributed by atoms with E-state index in [1.54, 1.807) is 6.08 Å². The van der Waals surface area contributed by atoms with Gasteiger partial charge in [-0.3, -0.25) is 4.79 Å². The Morgan fingerprint density at radius 2 is 1.84 bits per heavy atom. The number of nitrogens with zero attached hydrogens (tertiary/aromatic N) is 2. The van der Waals surface area contributed by atoms with Crippen molar-refractivity contribution < 1.29 is 4.79 Å². The molecule has 0 aliphatic carbocycles. The third kappa shape index (κ3) is 5.52. The Bertz CT molecular complexity index is 1000. The Morgan fingerprint density at radius 3 is 2.48 bits per heavy atom. The molecule has 2 aromatic rings. The van der Waals surface area contributed by atoms with Gasteiger partial charge in [0.1, 0.15) is 0 Å². The molecule has 0 unspecified atom stereocenters. The topological polar surface area (TPSA) is 85.4 Å². The quantitative estimate of drug-likeness (QED) is 0.487. The summed E-state index contributed by atoms with van der Waals surface area (Å²) in [6.07, 6.45) is 4.08. The van der Waals surface area contributed by atoms with E-state index in [9.17, 15) is 4.79 Å². The normalized spacial score (nSPS) is 14.8. The smallest absolute Gasteiger partial charge is 0.224 e. The summed E-state index contributed by atoms with van der Waals surface area (Å²) < 4.78 is 0. The Labute approximate surface area is 185 Å². The van der Waals surface area contributed by atoms with Crippen molar-refractivity contribution >= 4 is 34.8 Å². The monoisotopic (exact) mass is 419 g/mol. The lowest BCUT2D eigenvalue weighted by molar-refractivity contribution is -0.115. The van der Waals surface area contributed by atoms with Crippen LogP contribution in [0.3, 0.4) is 0 Å². The lowest BCUT2D eigenvalue weighted by atomic mass is 10.0. The van der Waals surface area contributed by atoms with Gasteiger partial charge >= 0.3 is 0 Å². The first-order valence-corrected chi connectivity index (χ1v) is 10.8. The lowest BCUT2D eigenvalue weighted by Gasteiger charge is -2.35. The maximum atomic E-state index is 12.2. The molecule has 0 spiro atoms. The van der Waals surface area contributed by atoms with Crippen LogP contribution in [0.25, 0.3) is 6.08 Å². The van der Waals surface area contributed by atoms with Crippen LogP contribution in [-0.2, 0) is 4.79 Å². The number of aryl methyl sites for hydroxylation is 2. The minimum absolute atomic E-state index is 0.0525. The molecule has 6 heteroatoms. The minimum Gasteiger partial charge on any atom is -0.398 e. The molecule has 0 bridgehead atoms. The van der Waals surface area contributed by atoms with Gasteiger partial charge in [-0.05, 0) is 55.8 Å². The lowest BCUT2D eigenvalue weighted by Crippen LogP contribution is -2.44. The highest BCUT2D eigenvalue weighted by Gasteiger charge is 2.20. The van der Waals surface area contributed by atoms with E-state index in [0.29, 0.717) is 29.1 Å². The molecule has 3 rings (SSSR count). The van der Waals surface area contributed by atoms with Gasteiger partial charge < -0.3 is 26.3 Å². The van der Waals surface area contributed by atoms with Crippen LogP contribution in [-0.4, -0.2) is 49.7 Å². The van der Waals surface area contributed by atoms with Gasteiger partial charge in [-0.1, -0.05) is 31.2 Å². The molecule has 31 heavy (non-hydrogen) atoms. The van der Waals surface area contributed by atoms with Crippen molar-refractivity contribution in [2.75, 3.05) is 49.2 Å². The van der Waals surface area contributed by atoms with E-state index in [-0.39, 0.29) is 5.91 Å². The van der Waals surface area contributed by atoms with Crippen molar-refractivity contribution in [3.63, 3.8) is 0 Å². The van der Waals surface area contributed by atoms with Gasteiger partial charge in [0.25, 0.3) is 0 Å². The number of likely N-dealkylation sites (N-methyl/N-ethyl adjacent to an activating group) is 1. The largest absolute Gasteiger partial charge is 0.398 e. The second-order valence-corrected chi connectivity index (χ2v) is 8.24. The highest BCUT2D eigenvalue weighted by atomic mass is 16.1. The van der Waals surface area contributed by atoms with Gasteiger partial charge in [-0.25, -0.2) is 0 Å². The fraction of sp³-hybridized carbons (Fsp3) is 0.360. The first-order chi connectivity index (χ1) is 14.8. The van der Waals surface area contributed by atoms with E-state index >= 15 is 0 Å². The average Bonchev–Trinajstić information content (AvgIpc) is 2.75. The predicted octanol–water partition coefficient (Wildman–Crippen LogP) is 4.07. The van der Waals surface area contributed by atoms with Gasteiger partial charge in [-0.15, -0.1) is 0 Å². The predicted molar refractivity (Wildman–Crippen MR) is 131 cm³/mol. The number of hydrogen-bond acceptors (Lipinski definition) is 5. The van der Waals surface area contributed by atoms with E-state index < -0.39 is 0 Å². The molecule has 0 saturated carbocycles. The van der Waals surface area contributed by atoms with Crippen LogP contribution in [0.5, 0.6) is 0 Å². The van der Waals surface area contributed by atoms with Crippen molar-refractivity contribution in [1.29, 1.82) is 5.41 Å². The average molecular weight is 420 g/mol. The highest BCUT2D eigenvalue weighted by Crippen LogP contribution is 2.33. The number of rotatable bonds is 6. The fourth-order valence-electron chi connectivity index (χ4n) is 3.62. The van der Waals surface area contributed by atoms with Crippen molar-refractivity contribution in [3.8, 4) is 0 Å². The highest BCUT2D eigenvalue weighted by molar-refractivity contribution is 6.13. The maximum Gasteiger partial charge on any atom is 0.224 e. The summed E-state index contributed by atoms with van der Waals surface area (Å²) in [7, 11) is 2.11. The van der Waals surface area contributed by atoms with Crippen LogP contribution in [0, 0.1) is 19.3 Å². The van der Waals surface area contributed by atoms with E-state index in [1.807, 2.05) is 31.2 Å². The molecule has 1 heterocycles. The number of nitrogens with one attached hydrogen (secondary N) is 2. The number of anilines is 3. The number of nitrogen functional groups attached to an aromatic ring is 1. The number of carbonyl (C=O) groups is 1. The molecule has 0 radical (unpaired) electrons. The number of allylic oxidation sites excluding steroid dienone is 1. The first kappa shape index (κ1) is 22.6. The van der Waals surface area contributed by atoms with Gasteiger partial charge in [0.05, 0.1) is 17.1 Å². The third-order valence-corrected chi connectivity index (χ3v) is 5.87. The molecule has 0 atom stereocenters. The molecule has 4 N–H and O–H groups in total. The van der Waals surface area contributed by atoms with Crippen LogP contribution < -0.4 is 16.0 Å². The molecular weight excluding hydrogens is 386 g/mol. The molecule has 0 aromatic heterocycles. The summed E-state index contributed by atoms with van der Waals surface area (Å²) >= 11 is 0. The summed E-state index contributed by atoms with van der Waals surface area (Å²) in [6, 6.07) is 9.95. The number of nitrogens with two attached hydrogens (primary N) is 1. The zero-order valence-corrected chi connectivity index (χ0v) is 19.0. The van der Waals surface area contributed by atoms with Crippen molar-refractivity contribution in [2.24, 2.45) is 0 Å². The maximum absolute atomic E-state index is 12.2. The summed E-state index contributed by atoms with van der Waals surface area (Å²) in [6.45, 7) is 9.64. The summed E-state index contributed by atoms with van der Waals surface area (Å²) in [4.78, 5) is 16.7. The van der Waals surface area contributed by atoms with E-state index in [1.165, 1.54) is 11.1 Å². The summed E-state index contributed by atoms with van der Waals surface area (Å²) in [5.41, 5.74) is 13.0. The van der Waals surface area contributed by atoms with Gasteiger partial charge in [0.15, 0.2) is 0 Å². The van der Waals surface area contributed by atoms with Crippen LogP contribution in [0.4, 0.5) is 17.1 Å². The fourth-order valence-corrected chi connectivity index (χ4v) is 3.62. The molecule has 1 amide bonds. The number of amides is 1. The second kappa shape index (κ2) is 9.79. The minimum atomic E-state index is -0.0525. The molecular formula is C25H33N5O. The number of benzene rings is 2. The van der Waals surface area contributed by atoms with E-state index in [0.717, 1.165) is 37.4 Å². The molecule has 1 aliphatic heterocycles. The van der Waals surface area contributed by atoms with Crippen LogP contribution in [0.1, 0.15) is 35.6 Å². The molecule has 1 fully saturated rings. The Morgan fingerprint density at radius 1 is 1.13 bits per heavy atom. The third-order valence-electron chi connectivity index (χ3n) is 5.87.